The Bertz CT molecular complexity index is 893. The molecule has 9 heteroatoms. The third kappa shape index (κ3) is 3.74. The number of halogens is 2. The summed E-state index contributed by atoms with van der Waals surface area (Å²) in [5.41, 5.74) is 4.98. The van der Waals surface area contributed by atoms with Gasteiger partial charge in [0.1, 0.15) is 5.15 Å². The fraction of sp³-hybridized carbons (Fsp3) is 0.333. The van der Waals surface area contributed by atoms with Crippen LogP contribution in [0.4, 0.5) is 5.69 Å². The van der Waals surface area contributed by atoms with Crippen molar-refractivity contribution in [1.29, 1.82) is 0 Å². The van der Waals surface area contributed by atoms with Gasteiger partial charge in [-0.15, -0.1) is 0 Å². The van der Waals surface area contributed by atoms with Crippen LogP contribution in [0.3, 0.4) is 0 Å². The fourth-order valence-corrected chi connectivity index (χ4v) is 4.86. The molecule has 1 N–H and O–H groups in total. The minimum absolute atomic E-state index is 0.0746. The highest BCUT2D eigenvalue weighted by Crippen LogP contribution is 2.29. The topological polar surface area (TPSA) is 76.3 Å². The van der Waals surface area contributed by atoms with Crippen molar-refractivity contribution in [3.05, 3.63) is 45.7 Å². The number of rotatable bonds is 4. The molecule has 0 aliphatic carbocycles. The lowest BCUT2D eigenvalue weighted by atomic mass is 10.2. The highest BCUT2D eigenvalue weighted by atomic mass is 35.5. The van der Waals surface area contributed by atoms with Crippen LogP contribution in [0.15, 0.2) is 29.4 Å². The number of aryl methyl sites for hydroxylation is 1. The van der Waals surface area contributed by atoms with Crippen molar-refractivity contribution in [2.24, 2.45) is 5.10 Å². The van der Waals surface area contributed by atoms with Crippen LogP contribution in [0.25, 0.3) is 0 Å². The first kappa shape index (κ1) is 17.3. The molecule has 0 bridgehead atoms. The van der Waals surface area contributed by atoms with E-state index in [0.29, 0.717) is 27.9 Å². The Morgan fingerprint density at radius 3 is 2.88 bits per heavy atom. The molecule has 0 unspecified atom stereocenters. The van der Waals surface area contributed by atoms with Crippen molar-refractivity contribution >= 4 is 44.9 Å². The number of hydrazone groups is 1. The van der Waals surface area contributed by atoms with Gasteiger partial charge in [-0.05, 0) is 31.5 Å². The van der Waals surface area contributed by atoms with Crippen LogP contribution >= 0.6 is 23.2 Å². The number of nitrogens with one attached hydrogen (secondary N) is 1. The summed E-state index contributed by atoms with van der Waals surface area (Å²) in [7, 11) is -3.00. The largest absolute Gasteiger partial charge is 0.278 e. The molecule has 24 heavy (non-hydrogen) atoms. The van der Waals surface area contributed by atoms with Crippen LogP contribution in [-0.4, -0.2) is 35.9 Å². The van der Waals surface area contributed by atoms with Crippen LogP contribution in [0.5, 0.6) is 0 Å². The summed E-state index contributed by atoms with van der Waals surface area (Å²) in [6, 6.07) is 6.96. The molecule has 1 atom stereocenters. The van der Waals surface area contributed by atoms with Gasteiger partial charge in [-0.25, -0.2) is 13.1 Å². The second kappa shape index (κ2) is 6.74. The molecule has 1 aromatic heterocycles. The average molecular weight is 387 g/mol. The Morgan fingerprint density at radius 1 is 1.42 bits per heavy atom. The third-order valence-corrected chi connectivity index (χ3v) is 6.20. The van der Waals surface area contributed by atoms with Gasteiger partial charge in [-0.3, -0.25) is 5.43 Å². The maximum Gasteiger partial charge on any atom is 0.152 e. The van der Waals surface area contributed by atoms with E-state index in [-0.39, 0.29) is 17.5 Å². The molecular weight excluding hydrogens is 371 g/mol. The number of hydrogen-bond acceptors (Lipinski definition) is 5. The van der Waals surface area contributed by atoms with E-state index < -0.39 is 9.84 Å². The maximum absolute atomic E-state index is 11.6. The lowest BCUT2D eigenvalue weighted by Crippen LogP contribution is -2.12. The van der Waals surface area contributed by atoms with Crippen molar-refractivity contribution in [3.8, 4) is 0 Å². The zero-order valence-electron chi connectivity index (χ0n) is 12.9. The molecular formula is C15H16Cl2N4O2S. The van der Waals surface area contributed by atoms with Crippen molar-refractivity contribution < 1.29 is 8.42 Å². The second-order valence-corrected chi connectivity index (χ2v) is 8.69. The van der Waals surface area contributed by atoms with Crippen molar-refractivity contribution in [1.82, 2.24) is 9.78 Å². The highest BCUT2D eigenvalue weighted by molar-refractivity contribution is 7.91. The Kier molecular flexibility index (Phi) is 4.85. The number of aromatic nitrogens is 2. The predicted molar refractivity (Wildman–Crippen MR) is 97.0 cm³/mol. The molecule has 1 saturated heterocycles. The third-order valence-electron chi connectivity index (χ3n) is 3.84. The van der Waals surface area contributed by atoms with Gasteiger partial charge in [-0.1, -0.05) is 29.3 Å². The molecule has 0 amide bonds. The first-order chi connectivity index (χ1) is 11.4. The van der Waals surface area contributed by atoms with E-state index in [1.54, 1.807) is 23.0 Å². The van der Waals surface area contributed by atoms with E-state index in [4.69, 9.17) is 23.2 Å². The number of benzene rings is 1. The summed E-state index contributed by atoms with van der Waals surface area (Å²) in [5.74, 6) is 0.248. The van der Waals surface area contributed by atoms with Crippen LogP contribution in [0, 0.1) is 6.92 Å². The molecule has 1 aromatic carbocycles. The molecule has 1 fully saturated rings. The van der Waals surface area contributed by atoms with E-state index in [2.05, 4.69) is 15.6 Å². The molecule has 2 aromatic rings. The molecule has 6 nitrogen and oxygen atoms in total. The van der Waals surface area contributed by atoms with Gasteiger partial charge in [0.25, 0.3) is 0 Å². The van der Waals surface area contributed by atoms with Gasteiger partial charge in [0.15, 0.2) is 9.84 Å². The number of hydrogen-bond donors (Lipinski definition) is 1. The zero-order valence-corrected chi connectivity index (χ0v) is 15.2. The summed E-state index contributed by atoms with van der Waals surface area (Å²) < 4.78 is 24.9. The van der Waals surface area contributed by atoms with Crippen molar-refractivity contribution in [3.63, 3.8) is 0 Å². The van der Waals surface area contributed by atoms with Gasteiger partial charge in [0.2, 0.25) is 0 Å². The Hall–Kier alpha value is -1.57. The Labute approximate surface area is 150 Å². The highest BCUT2D eigenvalue weighted by Gasteiger charge is 2.31. The second-order valence-electron chi connectivity index (χ2n) is 5.67. The van der Waals surface area contributed by atoms with Crippen LogP contribution in [-0.2, 0) is 9.84 Å². The maximum atomic E-state index is 11.6. The van der Waals surface area contributed by atoms with Gasteiger partial charge in [0, 0.05) is 5.02 Å². The number of nitrogens with zero attached hydrogens (tertiary/aromatic N) is 3. The molecule has 1 aliphatic rings. The summed E-state index contributed by atoms with van der Waals surface area (Å²) in [6.45, 7) is 1.81. The first-order valence-electron chi connectivity index (χ1n) is 7.35. The van der Waals surface area contributed by atoms with Crippen molar-refractivity contribution in [2.75, 3.05) is 16.9 Å². The van der Waals surface area contributed by atoms with Crippen molar-refractivity contribution in [2.45, 2.75) is 19.4 Å². The van der Waals surface area contributed by atoms with E-state index in [0.717, 1.165) is 5.69 Å². The molecule has 0 radical (unpaired) electrons. The molecule has 3 rings (SSSR count). The van der Waals surface area contributed by atoms with Gasteiger partial charge >= 0.3 is 0 Å². The summed E-state index contributed by atoms with van der Waals surface area (Å²) >= 11 is 12.3. The monoisotopic (exact) mass is 386 g/mol. The number of sulfone groups is 1. The molecule has 0 spiro atoms. The molecule has 128 valence electrons. The lowest BCUT2D eigenvalue weighted by molar-refractivity contribution is 0.497. The van der Waals surface area contributed by atoms with Crippen LogP contribution in [0.2, 0.25) is 10.2 Å². The van der Waals surface area contributed by atoms with Crippen LogP contribution < -0.4 is 5.43 Å². The van der Waals surface area contributed by atoms with E-state index >= 15 is 0 Å². The summed E-state index contributed by atoms with van der Waals surface area (Å²) in [6.07, 6.45) is 2.10. The van der Waals surface area contributed by atoms with Crippen LogP contribution in [0.1, 0.15) is 23.7 Å². The van der Waals surface area contributed by atoms with Gasteiger partial charge < -0.3 is 0 Å². The Balaban J connectivity index is 1.78. The summed E-state index contributed by atoms with van der Waals surface area (Å²) in [5, 5.41) is 9.54. The summed E-state index contributed by atoms with van der Waals surface area (Å²) in [4.78, 5) is 0. The number of anilines is 1. The van der Waals surface area contributed by atoms with E-state index in [1.165, 1.54) is 0 Å². The minimum Gasteiger partial charge on any atom is -0.278 e. The van der Waals surface area contributed by atoms with E-state index in [1.807, 2.05) is 19.1 Å². The standard InChI is InChI=1S/C15H16Cl2N4O2S/c1-10-14(8-18-19-12-4-2-3-11(16)7-12)15(17)21(20-10)13-5-6-24(22,23)9-13/h2-4,7-8,13,19H,5-6,9H2,1H3/b18-8-/t13-/m0/s1. The molecule has 0 saturated carbocycles. The first-order valence-corrected chi connectivity index (χ1v) is 9.93. The van der Waals surface area contributed by atoms with Gasteiger partial charge in [-0.2, -0.15) is 10.2 Å². The normalized spacial score (nSPS) is 19.9. The average Bonchev–Trinajstić information content (AvgIpc) is 3.00. The zero-order chi connectivity index (χ0) is 17.3. The minimum atomic E-state index is -3.00. The smallest absolute Gasteiger partial charge is 0.152 e. The molecule has 2 heterocycles. The quantitative estimate of drug-likeness (QED) is 0.645. The SMILES string of the molecule is Cc1nn([C@H]2CCS(=O)(=O)C2)c(Cl)c1/C=N\Nc1cccc(Cl)c1. The lowest BCUT2D eigenvalue weighted by Gasteiger charge is -2.09. The Morgan fingerprint density at radius 2 is 2.21 bits per heavy atom. The van der Waals surface area contributed by atoms with E-state index in [9.17, 15) is 8.42 Å². The predicted octanol–water partition coefficient (Wildman–Crippen LogP) is 3.30. The fourth-order valence-electron chi connectivity index (χ4n) is 2.62. The molecule has 1 aliphatic heterocycles. The van der Waals surface area contributed by atoms with Gasteiger partial charge in [0.05, 0.1) is 40.7 Å².